The zero-order chi connectivity index (χ0) is 25.1. The molecule has 190 valence electrons. The first-order valence-electron chi connectivity index (χ1n) is 12.8. The minimum Gasteiger partial charge on any atom is -0.469 e. The van der Waals surface area contributed by atoms with Crippen molar-refractivity contribution >= 4 is 20.1 Å². The molecule has 4 atom stereocenters. The number of rotatable bonds is 15. The van der Waals surface area contributed by atoms with Crippen molar-refractivity contribution in [2.24, 2.45) is 11.8 Å². The minimum atomic E-state index is -1.91. The Morgan fingerprint density at radius 3 is 2.42 bits per heavy atom. The molecule has 1 rings (SSSR count). The van der Waals surface area contributed by atoms with Crippen LogP contribution in [0.3, 0.4) is 0 Å². The van der Waals surface area contributed by atoms with Gasteiger partial charge in [-0.3, -0.25) is 9.59 Å². The topological polar surface area (TPSA) is 72.8 Å². The fourth-order valence-electron chi connectivity index (χ4n) is 3.94. The van der Waals surface area contributed by atoms with Crippen LogP contribution in [0.5, 0.6) is 0 Å². The second-order valence-corrected chi connectivity index (χ2v) is 15.7. The van der Waals surface area contributed by atoms with Crippen LogP contribution in [-0.4, -0.2) is 44.5 Å². The zero-order valence-corrected chi connectivity index (χ0v) is 23.1. The lowest BCUT2D eigenvalue weighted by molar-refractivity contribution is -0.140. The van der Waals surface area contributed by atoms with Gasteiger partial charge in [-0.1, -0.05) is 78.0 Å². The molecule has 0 bridgehead atoms. The quantitative estimate of drug-likeness (QED) is 0.128. The molecule has 0 amide bonds. The molecule has 0 aromatic carbocycles. The second kappa shape index (κ2) is 14.2. The van der Waals surface area contributed by atoms with Crippen LogP contribution >= 0.6 is 0 Å². The van der Waals surface area contributed by atoms with E-state index in [9.17, 15) is 14.7 Å². The number of esters is 1. The normalized spacial score (nSPS) is 21.0. The number of aliphatic hydroxyl groups excluding tert-OH is 1. The maximum absolute atomic E-state index is 12.5. The lowest BCUT2D eigenvalue weighted by atomic mass is 9.86. The van der Waals surface area contributed by atoms with Crippen molar-refractivity contribution in [3.05, 3.63) is 24.3 Å². The number of unbranched alkanes of at least 4 members (excludes halogenated alkanes) is 4. The maximum Gasteiger partial charge on any atom is 0.305 e. The van der Waals surface area contributed by atoms with Crippen LogP contribution in [0.2, 0.25) is 18.1 Å². The van der Waals surface area contributed by atoms with E-state index in [1.54, 1.807) is 6.08 Å². The molecule has 1 N–H and O–H groups in total. The van der Waals surface area contributed by atoms with Gasteiger partial charge < -0.3 is 14.3 Å². The molecule has 0 aromatic heterocycles. The number of hydrogen-bond acceptors (Lipinski definition) is 5. The van der Waals surface area contributed by atoms with Crippen LogP contribution in [0, 0.1) is 11.8 Å². The maximum atomic E-state index is 12.5. The lowest BCUT2D eigenvalue weighted by Gasteiger charge is -2.38. The Labute approximate surface area is 203 Å². The highest BCUT2D eigenvalue weighted by molar-refractivity contribution is 6.74. The number of allylic oxidation sites excluding steroid dienone is 3. The highest BCUT2D eigenvalue weighted by Crippen LogP contribution is 2.38. The first-order chi connectivity index (χ1) is 15.4. The summed E-state index contributed by atoms with van der Waals surface area (Å²) in [4.78, 5) is 23.7. The highest BCUT2D eigenvalue weighted by Gasteiger charge is 2.39. The van der Waals surface area contributed by atoms with E-state index >= 15 is 0 Å². The summed E-state index contributed by atoms with van der Waals surface area (Å²) in [6, 6.07) is 0. The fourth-order valence-corrected chi connectivity index (χ4v) is 5.24. The van der Waals surface area contributed by atoms with E-state index in [0.717, 1.165) is 32.1 Å². The van der Waals surface area contributed by atoms with Crippen LogP contribution in [0.15, 0.2) is 24.3 Å². The van der Waals surface area contributed by atoms with E-state index in [2.05, 4.69) is 57.7 Å². The Morgan fingerprint density at radius 2 is 1.82 bits per heavy atom. The molecular formula is C27H48O5Si. The smallest absolute Gasteiger partial charge is 0.305 e. The minimum absolute atomic E-state index is 0.000409. The Balaban J connectivity index is 2.75. The Hall–Kier alpha value is -1.24. The first-order valence-corrected chi connectivity index (χ1v) is 15.7. The summed E-state index contributed by atoms with van der Waals surface area (Å²) >= 11 is 0. The van der Waals surface area contributed by atoms with Crippen molar-refractivity contribution in [2.75, 3.05) is 7.11 Å². The van der Waals surface area contributed by atoms with Crippen molar-refractivity contribution in [1.29, 1.82) is 0 Å². The van der Waals surface area contributed by atoms with Gasteiger partial charge >= 0.3 is 5.97 Å². The van der Waals surface area contributed by atoms with Crippen LogP contribution in [0.25, 0.3) is 0 Å². The molecule has 33 heavy (non-hydrogen) atoms. The van der Waals surface area contributed by atoms with E-state index in [4.69, 9.17) is 4.43 Å². The van der Waals surface area contributed by atoms with Crippen molar-refractivity contribution in [2.45, 2.75) is 116 Å². The molecule has 0 heterocycles. The molecule has 0 radical (unpaired) electrons. The fraction of sp³-hybridized carbons (Fsp3) is 0.778. The predicted octanol–water partition coefficient (Wildman–Crippen LogP) is 6.37. The Bertz CT molecular complexity index is 662. The van der Waals surface area contributed by atoms with E-state index in [0.29, 0.717) is 12.8 Å². The average Bonchev–Trinajstić information content (AvgIpc) is 3.10. The lowest BCUT2D eigenvalue weighted by Crippen LogP contribution is -2.43. The molecule has 0 saturated carbocycles. The third-order valence-electron chi connectivity index (χ3n) is 7.14. The molecular weight excluding hydrogens is 432 g/mol. The van der Waals surface area contributed by atoms with Gasteiger partial charge in [0.1, 0.15) is 0 Å². The Morgan fingerprint density at radius 1 is 1.15 bits per heavy atom. The molecule has 1 aliphatic carbocycles. The van der Waals surface area contributed by atoms with Crippen molar-refractivity contribution in [3.63, 3.8) is 0 Å². The van der Waals surface area contributed by atoms with E-state index in [-0.39, 0.29) is 28.8 Å². The van der Waals surface area contributed by atoms with Gasteiger partial charge in [0.15, 0.2) is 14.1 Å². The van der Waals surface area contributed by atoms with Gasteiger partial charge in [0, 0.05) is 12.3 Å². The van der Waals surface area contributed by atoms with Crippen molar-refractivity contribution in [3.8, 4) is 0 Å². The molecule has 0 aliphatic heterocycles. The summed E-state index contributed by atoms with van der Waals surface area (Å²) in [5.41, 5.74) is 0. The number of ketones is 1. The van der Waals surface area contributed by atoms with E-state index in [1.807, 2.05) is 6.08 Å². The SMILES string of the molecule is CCCCC[C@@H](/C=C/[C@H]1C=CC(=O)[C@@H]1[C@H](O)CCCCCC(=O)OC)O[Si](C)(C)C(C)(C)C. The molecule has 0 saturated heterocycles. The van der Waals surface area contributed by atoms with Crippen LogP contribution in [0.4, 0.5) is 0 Å². The molecule has 0 fully saturated rings. The zero-order valence-electron chi connectivity index (χ0n) is 22.1. The van der Waals surface area contributed by atoms with Gasteiger partial charge in [-0.25, -0.2) is 0 Å². The Kier molecular flexibility index (Phi) is 12.8. The van der Waals surface area contributed by atoms with Gasteiger partial charge in [0.25, 0.3) is 0 Å². The van der Waals surface area contributed by atoms with Crippen LogP contribution in [0.1, 0.15) is 85.5 Å². The third kappa shape index (κ3) is 10.3. The standard InChI is InChI=1S/C27H48O5Si/c1-8-9-11-14-22(32-33(6,7)27(2,3)4)19-17-21-18-20-24(29)26(21)23(28)15-12-10-13-16-25(30)31-5/h17-23,26,28H,8-16H2,1-7H3/b19-17+/t21-,22-,23+,26-/m0/s1. The summed E-state index contributed by atoms with van der Waals surface area (Å²) in [5.74, 6) is -0.728. The largest absolute Gasteiger partial charge is 0.469 e. The molecule has 6 heteroatoms. The third-order valence-corrected chi connectivity index (χ3v) is 11.6. The van der Waals surface area contributed by atoms with Crippen LogP contribution in [-0.2, 0) is 18.8 Å². The predicted molar refractivity (Wildman–Crippen MR) is 138 cm³/mol. The number of hydrogen-bond donors (Lipinski definition) is 1. The molecule has 0 spiro atoms. The van der Waals surface area contributed by atoms with Gasteiger partial charge in [-0.2, -0.15) is 0 Å². The van der Waals surface area contributed by atoms with E-state index < -0.39 is 20.3 Å². The van der Waals surface area contributed by atoms with Gasteiger partial charge in [-0.15, -0.1) is 0 Å². The molecule has 0 aromatic rings. The molecule has 1 aliphatic rings. The van der Waals surface area contributed by atoms with Gasteiger partial charge in [-0.05, 0) is 43.5 Å². The summed E-state index contributed by atoms with van der Waals surface area (Å²) in [7, 11) is -0.519. The summed E-state index contributed by atoms with van der Waals surface area (Å²) in [6.45, 7) is 13.5. The van der Waals surface area contributed by atoms with Gasteiger partial charge in [0.2, 0.25) is 0 Å². The highest BCUT2D eigenvalue weighted by atomic mass is 28.4. The molecule has 5 nitrogen and oxygen atoms in total. The first kappa shape index (κ1) is 29.8. The van der Waals surface area contributed by atoms with Crippen LogP contribution < -0.4 is 0 Å². The monoisotopic (exact) mass is 480 g/mol. The number of ether oxygens (including phenoxy) is 1. The van der Waals surface area contributed by atoms with Gasteiger partial charge in [0.05, 0.1) is 25.2 Å². The second-order valence-electron chi connectivity index (χ2n) is 10.9. The van der Waals surface area contributed by atoms with Crippen molar-refractivity contribution < 1.29 is 23.9 Å². The summed E-state index contributed by atoms with van der Waals surface area (Å²) in [6.07, 6.45) is 14.9. The number of aliphatic hydroxyl groups is 1. The molecule has 0 unspecified atom stereocenters. The van der Waals surface area contributed by atoms with Crippen molar-refractivity contribution in [1.82, 2.24) is 0 Å². The summed E-state index contributed by atoms with van der Waals surface area (Å²) in [5, 5.41) is 10.9. The number of carbonyl (C=O) groups is 2. The average molecular weight is 481 g/mol. The number of methoxy groups -OCH3 is 1. The van der Waals surface area contributed by atoms with E-state index in [1.165, 1.54) is 20.0 Å². The number of carbonyl (C=O) groups excluding carboxylic acids is 2. The summed E-state index contributed by atoms with van der Waals surface area (Å²) < 4.78 is 11.4.